The second-order valence-electron chi connectivity index (χ2n) is 3.29. The lowest BCUT2D eigenvalue weighted by Gasteiger charge is -1.96. The number of aliphatic carboxylic acids is 1. The SMILES string of the molecule is CSC1C(C(=O)O)C1(C)C. The molecular weight excluding hydrogens is 148 g/mol. The van der Waals surface area contributed by atoms with Crippen LogP contribution in [0.3, 0.4) is 0 Å². The first kappa shape index (κ1) is 7.92. The molecule has 0 spiro atoms. The Labute approximate surface area is 65.0 Å². The summed E-state index contributed by atoms with van der Waals surface area (Å²) in [6.07, 6.45) is 1.97. The normalized spacial score (nSPS) is 35.5. The third kappa shape index (κ3) is 0.926. The fourth-order valence-corrected chi connectivity index (χ4v) is 2.89. The van der Waals surface area contributed by atoms with Crippen molar-refractivity contribution in [2.45, 2.75) is 19.1 Å². The van der Waals surface area contributed by atoms with Gasteiger partial charge in [-0.1, -0.05) is 13.8 Å². The van der Waals surface area contributed by atoms with E-state index in [4.69, 9.17) is 5.11 Å². The van der Waals surface area contributed by atoms with Crippen molar-refractivity contribution in [1.29, 1.82) is 0 Å². The van der Waals surface area contributed by atoms with Crippen molar-refractivity contribution in [3.05, 3.63) is 0 Å². The number of rotatable bonds is 2. The number of thioether (sulfide) groups is 1. The van der Waals surface area contributed by atoms with Gasteiger partial charge in [-0.3, -0.25) is 4.79 Å². The molecule has 10 heavy (non-hydrogen) atoms. The Balaban J connectivity index is 2.61. The Morgan fingerprint density at radius 1 is 1.60 bits per heavy atom. The minimum absolute atomic E-state index is 0.0191. The van der Waals surface area contributed by atoms with Gasteiger partial charge in [0.15, 0.2) is 0 Å². The quantitative estimate of drug-likeness (QED) is 0.664. The Morgan fingerprint density at radius 2 is 2.10 bits per heavy atom. The molecule has 3 heteroatoms. The van der Waals surface area contributed by atoms with Crippen molar-refractivity contribution < 1.29 is 9.90 Å². The van der Waals surface area contributed by atoms with E-state index in [9.17, 15) is 4.79 Å². The van der Waals surface area contributed by atoms with Crippen LogP contribution in [0.5, 0.6) is 0 Å². The number of carbonyl (C=O) groups is 1. The molecule has 0 aromatic heterocycles. The zero-order valence-electron chi connectivity index (χ0n) is 6.42. The molecule has 0 bridgehead atoms. The maximum atomic E-state index is 10.5. The van der Waals surface area contributed by atoms with Gasteiger partial charge in [0.25, 0.3) is 0 Å². The summed E-state index contributed by atoms with van der Waals surface area (Å²) in [6, 6.07) is 0. The van der Waals surface area contributed by atoms with Crippen LogP contribution in [0.1, 0.15) is 13.8 Å². The molecule has 0 aliphatic heterocycles. The summed E-state index contributed by atoms with van der Waals surface area (Å²) >= 11 is 1.65. The summed E-state index contributed by atoms with van der Waals surface area (Å²) in [7, 11) is 0. The molecule has 2 atom stereocenters. The number of hydrogen-bond donors (Lipinski definition) is 1. The molecule has 0 amide bonds. The Bertz CT molecular complexity index is 165. The molecule has 1 aliphatic rings. The zero-order chi connectivity index (χ0) is 7.94. The standard InChI is InChI=1S/C7H12O2S/c1-7(2)4(6(8)9)5(7)10-3/h4-5H,1-3H3,(H,8,9). The van der Waals surface area contributed by atoms with Crippen LogP contribution in [0.25, 0.3) is 0 Å². The molecule has 0 radical (unpaired) electrons. The molecule has 0 aromatic carbocycles. The average Bonchev–Trinajstić information content (AvgIpc) is 2.33. The average molecular weight is 160 g/mol. The molecule has 1 N–H and O–H groups in total. The highest BCUT2D eigenvalue weighted by molar-refractivity contribution is 7.99. The van der Waals surface area contributed by atoms with Crippen LogP contribution in [0.2, 0.25) is 0 Å². The molecule has 1 rings (SSSR count). The Morgan fingerprint density at radius 3 is 2.20 bits per heavy atom. The fourth-order valence-electron chi connectivity index (χ4n) is 1.48. The van der Waals surface area contributed by atoms with Crippen molar-refractivity contribution in [1.82, 2.24) is 0 Å². The zero-order valence-corrected chi connectivity index (χ0v) is 7.23. The van der Waals surface area contributed by atoms with E-state index in [2.05, 4.69) is 0 Å². The lowest BCUT2D eigenvalue weighted by atomic mass is 10.1. The van der Waals surface area contributed by atoms with E-state index in [0.717, 1.165) is 0 Å². The molecule has 1 saturated carbocycles. The van der Waals surface area contributed by atoms with E-state index < -0.39 is 5.97 Å². The van der Waals surface area contributed by atoms with Gasteiger partial charge in [-0.2, -0.15) is 11.8 Å². The highest BCUT2D eigenvalue weighted by Gasteiger charge is 2.61. The van der Waals surface area contributed by atoms with Crippen LogP contribution >= 0.6 is 11.8 Å². The summed E-state index contributed by atoms with van der Waals surface area (Å²) in [4.78, 5) is 10.5. The topological polar surface area (TPSA) is 37.3 Å². The van der Waals surface area contributed by atoms with Crippen LogP contribution in [-0.2, 0) is 4.79 Å². The van der Waals surface area contributed by atoms with E-state index in [1.807, 2.05) is 20.1 Å². The van der Waals surface area contributed by atoms with Crippen LogP contribution in [0.4, 0.5) is 0 Å². The molecule has 2 unspecified atom stereocenters. The lowest BCUT2D eigenvalue weighted by Crippen LogP contribution is -2.03. The molecular formula is C7H12O2S. The van der Waals surface area contributed by atoms with Gasteiger partial charge in [-0.05, 0) is 11.7 Å². The van der Waals surface area contributed by atoms with Crippen LogP contribution in [0, 0.1) is 11.3 Å². The molecule has 58 valence electrons. The van der Waals surface area contributed by atoms with E-state index in [1.54, 1.807) is 11.8 Å². The van der Waals surface area contributed by atoms with Gasteiger partial charge < -0.3 is 5.11 Å². The van der Waals surface area contributed by atoms with E-state index in [0.29, 0.717) is 5.25 Å². The summed E-state index contributed by atoms with van der Waals surface area (Å²) in [5.74, 6) is -0.771. The smallest absolute Gasteiger partial charge is 0.308 e. The van der Waals surface area contributed by atoms with Gasteiger partial charge in [0.2, 0.25) is 0 Å². The summed E-state index contributed by atoms with van der Waals surface area (Å²) in [5.41, 5.74) is 0.0191. The predicted octanol–water partition coefficient (Wildman–Crippen LogP) is 1.46. The molecule has 1 aliphatic carbocycles. The largest absolute Gasteiger partial charge is 0.481 e. The second kappa shape index (κ2) is 2.16. The van der Waals surface area contributed by atoms with Gasteiger partial charge in [0, 0.05) is 5.25 Å². The number of hydrogen-bond acceptors (Lipinski definition) is 2. The monoisotopic (exact) mass is 160 g/mol. The molecule has 0 heterocycles. The lowest BCUT2D eigenvalue weighted by molar-refractivity contribution is -0.139. The second-order valence-corrected chi connectivity index (χ2v) is 4.27. The molecule has 0 saturated heterocycles. The van der Waals surface area contributed by atoms with Crippen molar-refractivity contribution in [2.75, 3.05) is 6.26 Å². The van der Waals surface area contributed by atoms with Gasteiger partial charge in [-0.15, -0.1) is 0 Å². The van der Waals surface area contributed by atoms with Gasteiger partial charge in [0.1, 0.15) is 0 Å². The van der Waals surface area contributed by atoms with E-state index >= 15 is 0 Å². The predicted molar refractivity (Wildman–Crippen MR) is 42.2 cm³/mol. The minimum atomic E-state index is -0.649. The van der Waals surface area contributed by atoms with E-state index in [-0.39, 0.29) is 11.3 Å². The van der Waals surface area contributed by atoms with Gasteiger partial charge in [0.05, 0.1) is 5.92 Å². The number of carboxylic acid groups (broad SMARTS) is 1. The van der Waals surface area contributed by atoms with Crippen molar-refractivity contribution >= 4 is 17.7 Å². The maximum Gasteiger partial charge on any atom is 0.308 e. The third-order valence-electron chi connectivity index (χ3n) is 2.25. The first-order valence-electron chi connectivity index (χ1n) is 3.27. The van der Waals surface area contributed by atoms with Gasteiger partial charge >= 0.3 is 5.97 Å². The Hall–Kier alpha value is -0.180. The number of carboxylic acids is 1. The fraction of sp³-hybridized carbons (Fsp3) is 0.857. The van der Waals surface area contributed by atoms with Crippen LogP contribution in [0.15, 0.2) is 0 Å². The highest BCUT2D eigenvalue weighted by atomic mass is 32.2. The summed E-state index contributed by atoms with van der Waals surface area (Å²) in [5, 5.41) is 9.00. The van der Waals surface area contributed by atoms with Crippen molar-refractivity contribution in [3.63, 3.8) is 0 Å². The molecule has 0 aromatic rings. The Kier molecular flexibility index (Phi) is 1.71. The van der Waals surface area contributed by atoms with Crippen LogP contribution < -0.4 is 0 Å². The van der Waals surface area contributed by atoms with Crippen molar-refractivity contribution in [2.24, 2.45) is 11.3 Å². The minimum Gasteiger partial charge on any atom is -0.481 e. The highest BCUT2D eigenvalue weighted by Crippen LogP contribution is 2.58. The molecule has 1 fully saturated rings. The van der Waals surface area contributed by atoms with Gasteiger partial charge in [-0.25, -0.2) is 0 Å². The molecule has 2 nitrogen and oxygen atoms in total. The first-order chi connectivity index (χ1) is 4.51. The maximum absolute atomic E-state index is 10.5. The summed E-state index contributed by atoms with van der Waals surface area (Å²) < 4.78 is 0. The third-order valence-corrected chi connectivity index (χ3v) is 3.64. The summed E-state index contributed by atoms with van der Waals surface area (Å²) in [6.45, 7) is 4.01. The van der Waals surface area contributed by atoms with E-state index in [1.165, 1.54) is 0 Å². The van der Waals surface area contributed by atoms with Crippen LogP contribution in [-0.4, -0.2) is 22.6 Å². The first-order valence-corrected chi connectivity index (χ1v) is 4.56. The van der Waals surface area contributed by atoms with Crippen molar-refractivity contribution in [3.8, 4) is 0 Å².